The quantitative estimate of drug-likeness (QED) is 0.0182. The normalized spacial score (nSPS) is 21.9. The van der Waals surface area contributed by atoms with Crippen LogP contribution in [-0.4, -0.2) is 188 Å². The van der Waals surface area contributed by atoms with Crippen molar-refractivity contribution >= 4 is 70.9 Å². The van der Waals surface area contributed by atoms with E-state index in [9.17, 15) is 57.8 Å². The third kappa shape index (κ3) is 29.5. The molecule has 31 nitrogen and oxygen atoms in total. The molecule has 1 heterocycles. The largest absolute Gasteiger partial charge is 0.391 e. The summed E-state index contributed by atoms with van der Waals surface area (Å²) in [5, 5.41) is 39.6. The molecule has 1 aliphatic rings. The van der Waals surface area contributed by atoms with Gasteiger partial charge in [-0.15, -0.1) is 0 Å². The lowest BCUT2D eigenvalue weighted by molar-refractivity contribution is -0.137. The Labute approximate surface area is 521 Å². The fourth-order valence-corrected chi connectivity index (χ4v) is 9.52. The topological polar surface area (TPSA) is 535 Å². The predicted molar refractivity (Wildman–Crippen MR) is 334 cm³/mol. The van der Waals surface area contributed by atoms with Crippen molar-refractivity contribution in [1.29, 1.82) is 0 Å². The molecule has 1 saturated heterocycles. The van der Waals surface area contributed by atoms with Crippen molar-refractivity contribution in [2.24, 2.45) is 57.0 Å². The second-order valence-corrected chi connectivity index (χ2v) is 22.8. The molecule has 2 rings (SSSR count). The van der Waals surface area contributed by atoms with E-state index in [0.29, 0.717) is 17.9 Å². The van der Waals surface area contributed by atoms with E-state index in [1.807, 2.05) is 0 Å². The number of aliphatic imine (C=N–C) groups is 1. The van der Waals surface area contributed by atoms with E-state index < -0.39 is 144 Å². The fraction of sp³-hybridized carbons (Fsp3) is 0.690. The lowest BCUT2D eigenvalue weighted by Gasteiger charge is -2.29. The van der Waals surface area contributed by atoms with Gasteiger partial charge in [-0.1, -0.05) is 77.3 Å². The number of amides is 11. The first kappa shape index (κ1) is 77.5. The van der Waals surface area contributed by atoms with Crippen LogP contribution < -0.4 is 98.6 Å². The van der Waals surface area contributed by atoms with Crippen LogP contribution >= 0.6 is 0 Å². The molecule has 0 spiro atoms. The van der Waals surface area contributed by atoms with Crippen LogP contribution in [0.15, 0.2) is 35.3 Å². The molecule has 0 aliphatic carbocycles. The number of hydrogen-bond acceptors (Lipinski definition) is 18. The van der Waals surface area contributed by atoms with Gasteiger partial charge in [-0.25, -0.2) is 0 Å². The Morgan fingerprint density at radius 3 is 1.57 bits per heavy atom. The highest BCUT2D eigenvalue weighted by molar-refractivity contribution is 5.99. The van der Waals surface area contributed by atoms with Gasteiger partial charge in [0.2, 0.25) is 65.0 Å². The van der Waals surface area contributed by atoms with Crippen LogP contribution in [0.1, 0.15) is 130 Å². The summed E-state index contributed by atoms with van der Waals surface area (Å²) in [6.45, 7) is 7.95. The molecule has 0 radical (unpaired) electrons. The summed E-state index contributed by atoms with van der Waals surface area (Å²) < 4.78 is 0. The molecule has 26 N–H and O–H groups in total. The number of aliphatic hydroxyl groups excluding tert-OH is 1. The maximum Gasteiger partial charge on any atom is 0.245 e. The first-order chi connectivity index (χ1) is 42.3. The van der Waals surface area contributed by atoms with Gasteiger partial charge in [-0.2, -0.15) is 0 Å². The molecule has 502 valence electrons. The SMILES string of the molecule is CC[C@H](C)CCCCC(=O)N[C@@H](CCN)C(=O)N[C@H](C(=O)N[C@@H](CCN)C(=O)N[C@H]1CCNC(=O)[C@H](CCCN=C(N)N)NC(=O)[C@H](CCN)NC(=O)[C@H](CCN)NC(=O)[C@H](CC(C)C)NC(=O)[C@@H](Cc2ccccc2)NC(=O)[C@H](CCN)NC1=O)[C@@H](C)O. The number of carbonyl (C=O) groups is 11. The number of carbonyl (C=O) groups excluding carboxylic acids is 11. The van der Waals surface area contributed by atoms with Crippen molar-refractivity contribution in [1.82, 2.24) is 58.5 Å². The summed E-state index contributed by atoms with van der Waals surface area (Å²) in [4.78, 5) is 159. The summed E-state index contributed by atoms with van der Waals surface area (Å²) in [5.41, 5.74) is 41.2. The molecular formula is C58H103N19O12. The number of rotatable bonds is 32. The van der Waals surface area contributed by atoms with Gasteiger partial charge in [0.05, 0.1) is 6.10 Å². The van der Waals surface area contributed by atoms with Crippen molar-refractivity contribution in [2.45, 2.75) is 197 Å². The van der Waals surface area contributed by atoms with E-state index in [2.05, 4.69) is 77.3 Å². The Kier molecular flexibility index (Phi) is 36.9. The zero-order valence-corrected chi connectivity index (χ0v) is 52.4. The van der Waals surface area contributed by atoms with E-state index in [1.165, 1.54) is 6.92 Å². The fourth-order valence-electron chi connectivity index (χ4n) is 9.52. The van der Waals surface area contributed by atoms with Gasteiger partial charge in [-0.3, -0.25) is 57.7 Å². The van der Waals surface area contributed by atoms with Crippen LogP contribution in [0.5, 0.6) is 0 Å². The minimum Gasteiger partial charge on any atom is -0.391 e. The number of nitrogens with zero attached hydrogens (tertiary/aromatic N) is 1. The third-order valence-electron chi connectivity index (χ3n) is 14.8. The molecular weight excluding hydrogens is 1150 g/mol. The first-order valence-electron chi connectivity index (χ1n) is 30.9. The molecule has 0 unspecified atom stereocenters. The second-order valence-electron chi connectivity index (χ2n) is 22.8. The molecule has 1 aromatic rings. The molecule has 31 heteroatoms. The van der Waals surface area contributed by atoms with Crippen molar-refractivity contribution in [3.63, 3.8) is 0 Å². The number of nitrogens with two attached hydrogens (primary N) is 7. The Morgan fingerprint density at radius 1 is 0.573 bits per heavy atom. The lowest BCUT2D eigenvalue weighted by Crippen LogP contribution is -2.62. The Morgan fingerprint density at radius 2 is 1.07 bits per heavy atom. The molecule has 12 atom stereocenters. The second kappa shape index (κ2) is 42.4. The van der Waals surface area contributed by atoms with Gasteiger partial charge in [0.15, 0.2) is 5.96 Å². The monoisotopic (exact) mass is 1260 g/mol. The maximum atomic E-state index is 14.7. The van der Waals surface area contributed by atoms with Crippen molar-refractivity contribution in [3.8, 4) is 0 Å². The van der Waals surface area contributed by atoms with Crippen molar-refractivity contribution in [3.05, 3.63) is 35.9 Å². The molecule has 0 saturated carbocycles. The van der Waals surface area contributed by atoms with Crippen molar-refractivity contribution < 1.29 is 57.8 Å². The van der Waals surface area contributed by atoms with Crippen molar-refractivity contribution in [2.75, 3.05) is 45.8 Å². The van der Waals surface area contributed by atoms with Crippen LogP contribution in [0.25, 0.3) is 0 Å². The molecule has 1 aliphatic heterocycles. The molecule has 89 heavy (non-hydrogen) atoms. The number of guanidine groups is 1. The van der Waals surface area contributed by atoms with Crippen LogP contribution in [0, 0.1) is 11.8 Å². The molecule has 0 bridgehead atoms. The molecule has 11 amide bonds. The zero-order valence-electron chi connectivity index (χ0n) is 52.4. The highest BCUT2D eigenvalue weighted by Crippen LogP contribution is 2.14. The third-order valence-corrected chi connectivity index (χ3v) is 14.8. The van der Waals surface area contributed by atoms with Gasteiger partial charge >= 0.3 is 0 Å². The van der Waals surface area contributed by atoms with Crippen LogP contribution in [-0.2, 0) is 59.2 Å². The highest BCUT2D eigenvalue weighted by Gasteiger charge is 2.37. The van der Waals surface area contributed by atoms with Gasteiger partial charge in [0, 0.05) is 25.9 Å². The van der Waals surface area contributed by atoms with E-state index in [0.717, 1.165) is 19.3 Å². The Bertz CT molecular complexity index is 2450. The van der Waals surface area contributed by atoms with E-state index in [-0.39, 0.29) is 115 Å². The number of aliphatic hydroxyl groups is 1. The van der Waals surface area contributed by atoms with E-state index in [1.54, 1.807) is 44.2 Å². The average molecular weight is 1260 g/mol. The maximum absolute atomic E-state index is 14.7. The molecule has 0 aromatic heterocycles. The lowest BCUT2D eigenvalue weighted by atomic mass is 10.00. The number of hydrogen-bond donors (Lipinski definition) is 19. The van der Waals surface area contributed by atoms with Crippen LogP contribution in [0.2, 0.25) is 0 Å². The summed E-state index contributed by atoms with van der Waals surface area (Å²) in [7, 11) is 0. The molecule has 1 fully saturated rings. The van der Waals surface area contributed by atoms with E-state index >= 15 is 0 Å². The number of nitrogens with one attached hydrogen (secondary N) is 11. The summed E-state index contributed by atoms with van der Waals surface area (Å²) in [5.74, 6) is -9.31. The standard InChI is InChI=1S/C58H103N19O12/c1-6-34(4)13-10-11-17-46(79)68-38(18-24-59)54(86)77-47(35(5)78)57(89)74-42(22-28-63)51(83)73-43-23-30-66-48(80)37(16-12-29-67-58(64)65)69-49(81)39(19-25-60)70-50(82)40(20-26-61)72-55(87)44(31-33(2)3)75-56(88)45(32-36-14-8-7-9-15-36)76-52(84)41(21-27-62)71-53(43)85/h7-9,14-15,33-35,37-45,47,78H,6,10-13,16-32,59-63H2,1-5H3,(H,66,80)(H,68,79)(H,69,81)(H,70,82)(H,71,85)(H,72,87)(H,73,83)(H,74,89)(H,75,88)(H,76,84)(H,77,86)(H4,64,65,67)/t34-,35+,37-,38-,39-,40-,41-,42-,43-,44-,45+,47-/m0/s1. The first-order valence-corrected chi connectivity index (χ1v) is 30.9. The predicted octanol–water partition coefficient (Wildman–Crippen LogP) is -5.57. The van der Waals surface area contributed by atoms with E-state index in [4.69, 9.17) is 40.1 Å². The summed E-state index contributed by atoms with van der Waals surface area (Å²) in [6.07, 6.45) is 0.673. The van der Waals surface area contributed by atoms with Crippen LogP contribution in [0.3, 0.4) is 0 Å². The summed E-state index contributed by atoms with van der Waals surface area (Å²) in [6, 6.07) is -5.78. The number of unbranched alkanes of at least 4 members (excludes halogenated alkanes) is 1. The average Bonchev–Trinajstić information content (AvgIpc) is 3.70. The van der Waals surface area contributed by atoms with Gasteiger partial charge < -0.3 is 104 Å². The highest BCUT2D eigenvalue weighted by atomic mass is 16.3. The Balaban J connectivity index is 2.74. The smallest absolute Gasteiger partial charge is 0.245 e. The Hall–Kier alpha value is -7.58. The van der Waals surface area contributed by atoms with Gasteiger partial charge in [-0.05, 0) is 121 Å². The molecule has 1 aromatic carbocycles. The summed E-state index contributed by atoms with van der Waals surface area (Å²) >= 11 is 0. The van der Waals surface area contributed by atoms with Gasteiger partial charge in [0.25, 0.3) is 0 Å². The van der Waals surface area contributed by atoms with Crippen LogP contribution in [0.4, 0.5) is 0 Å². The minimum absolute atomic E-state index is 0.0169. The van der Waals surface area contributed by atoms with Gasteiger partial charge in [0.1, 0.15) is 60.4 Å². The minimum atomic E-state index is -1.70. The zero-order chi connectivity index (χ0) is 66.6. The number of benzene rings is 1.